The lowest BCUT2D eigenvalue weighted by molar-refractivity contribution is -0.117. The number of carbonyl (C=O) groups excluding carboxylic acids is 1. The van der Waals surface area contributed by atoms with Crippen LogP contribution in [0.3, 0.4) is 0 Å². The molecule has 0 saturated carbocycles. The van der Waals surface area contributed by atoms with Gasteiger partial charge >= 0.3 is 0 Å². The van der Waals surface area contributed by atoms with Crippen LogP contribution in [-0.4, -0.2) is 49.5 Å². The van der Waals surface area contributed by atoms with Crippen molar-refractivity contribution < 1.29 is 22.5 Å². The zero-order valence-corrected chi connectivity index (χ0v) is 18.0. The molecule has 10 heteroatoms. The van der Waals surface area contributed by atoms with E-state index in [1.807, 2.05) is 30.3 Å². The van der Waals surface area contributed by atoms with Crippen molar-refractivity contribution in [3.05, 3.63) is 54.4 Å². The Hall–Kier alpha value is -3.24. The molecular formula is C21H22N4O5S. The van der Waals surface area contributed by atoms with E-state index in [0.29, 0.717) is 30.2 Å². The van der Waals surface area contributed by atoms with Crippen molar-refractivity contribution in [3.8, 4) is 17.1 Å². The molecule has 31 heavy (non-hydrogen) atoms. The number of ether oxygens (including phenoxy) is 1. The summed E-state index contributed by atoms with van der Waals surface area (Å²) in [6.45, 7) is 0.435. The molecule has 1 aromatic heterocycles. The van der Waals surface area contributed by atoms with Crippen LogP contribution >= 0.6 is 0 Å². The molecule has 0 bridgehead atoms. The minimum absolute atomic E-state index is 0.0494. The minimum atomic E-state index is -3.88. The van der Waals surface area contributed by atoms with Crippen LogP contribution in [0.1, 0.15) is 18.7 Å². The quantitative estimate of drug-likeness (QED) is 0.554. The monoisotopic (exact) mass is 442 g/mol. The van der Waals surface area contributed by atoms with Crippen molar-refractivity contribution in [2.75, 3.05) is 25.6 Å². The van der Waals surface area contributed by atoms with Gasteiger partial charge < -0.3 is 14.2 Å². The first kappa shape index (κ1) is 21.0. The van der Waals surface area contributed by atoms with Gasteiger partial charge in [0.25, 0.3) is 0 Å². The number of anilines is 1. The van der Waals surface area contributed by atoms with E-state index in [0.717, 1.165) is 16.3 Å². The summed E-state index contributed by atoms with van der Waals surface area (Å²) in [5.74, 6) is 0.954. The Kier molecular flexibility index (Phi) is 5.75. The van der Waals surface area contributed by atoms with Crippen molar-refractivity contribution in [1.29, 1.82) is 0 Å². The van der Waals surface area contributed by atoms with Gasteiger partial charge in [0, 0.05) is 25.6 Å². The first-order chi connectivity index (χ1) is 14.9. The molecular weight excluding hydrogens is 420 g/mol. The average Bonchev–Trinajstić information content (AvgIpc) is 3.42. The molecule has 2 heterocycles. The van der Waals surface area contributed by atoms with Gasteiger partial charge in [-0.1, -0.05) is 35.5 Å². The summed E-state index contributed by atoms with van der Waals surface area (Å²) < 4.78 is 38.0. The number of amides is 1. The second-order valence-corrected chi connectivity index (χ2v) is 9.17. The molecule has 0 radical (unpaired) electrons. The van der Waals surface area contributed by atoms with Gasteiger partial charge in [0.15, 0.2) is 0 Å². The third-order valence-electron chi connectivity index (χ3n) is 5.08. The van der Waals surface area contributed by atoms with Gasteiger partial charge in [-0.15, -0.1) is 0 Å². The lowest BCUT2D eigenvalue weighted by Crippen LogP contribution is -2.28. The van der Waals surface area contributed by atoms with Gasteiger partial charge in [0.1, 0.15) is 5.75 Å². The summed E-state index contributed by atoms with van der Waals surface area (Å²) in [7, 11) is -0.952. The van der Waals surface area contributed by atoms with Gasteiger partial charge in [0.2, 0.25) is 27.6 Å². The standard InChI is InChI=1S/C21H22N4O5S/c1-24(14-19-22-21(23-30-19)15-7-4-3-5-8-15)31(27,28)16-10-11-18(29-2)17(13-16)25-12-6-9-20(25)26/h3-5,7-8,10-11,13H,6,9,12,14H2,1-2H3. The maximum Gasteiger partial charge on any atom is 0.243 e. The van der Waals surface area contributed by atoms with E-state index in [9.17, 15) is 13.2 Å². The zero-order valence-electron chi connectivity index (χ0n) is 17.2. The zero-order chi connectivity index (χ0) is 22.0. The fourth-order valence-electron chi connectivity index (χ4n) is 3.42. The van der Waals surface area contributed by atoms with E-state index in [2.05, 4.69) is 10.1 Å². The number of rotatable bonds is 7. The Labute approximate surface area is 180 Å². The predicted octanol–water partition coefficient (Wildman–Crippen LogP) is 2.69. The highest BCUT2D eigenvalue weighted by Gasteiger charge is 2.29. The SMILES string of the molecule is COc1ccc(S(=O)(=O)N(C)Cc2nc(-c3ccccc3)no2)cc1N1CCCC1=O. The maximum atomic E-state index is 13.2. The van der Waals surface area contributed by atoms with Crippen molar-refractivity contribution in [2.24, 2.45) is 0 Å². The normalized spacial score (nSPS) is 14.4. The second kappa shape index (κ2) is 8.48. The molecule has 1 amide bonds. The van der Waals surface area contributed by atoms with E-state index < -0.39 is 10.0 Å². The molecule has 3 aromatic rings. The van der Waals surface area contributed by atoms with Crippen LogP contribution in [0.4, 0.5) is 5.69 Å². The number of nitrogens with zero attached hydrogens (tertiary/aromatic N) is 4. The van der Waals surface area contributed by atoms with Gasteiger partial charge in [-0.3, -0.25) is 4.79 Å². The Morgan fingerprint density at radius 1 is 1.19 bits per heavy atom. The predicted molar refractivity (Wildman–Crippen MR) is 113 cm³/mol. The Bertz CT molecular complexity index is 1190. The number of hydrogen-bond acceptors (Lipinski definition) is 7. The number of hydrogen-bond donors (Lipinski definition) is 0. The lowest BCUT2D eigenvalue weighted by Gasteiger charge is -2.21. The van der Waals surface area contributed by atoms with Crippen molar-refractivity contribution in [3.63, 3.8) is 0 Å². The average molecular weight is 442 g/mol. The third-order valence-corrected chi connectivity index (χ3v) is 6.88. The van der Waals surface area contributed by atoms with E-state index in [4.69, 9.17) is 9.26 Å². The summed E-state index contributed by atoms with van der Waals surface area (Å²) in [6, 6.07) is 13.8. The highest BCUT2D eigenvalue weighted by atomic mass is 32.2. The summed E-state index contributed by atoms with van der Waals surface area (Å²) in [6.07, 6.45) is 1.15. The number of carbonyl (C=O) groups is 1. The largest absolute Gasteiger partial charge is 0.495 e. The summed E-state index contributed by atoms with van der Waals surface area (Å²) in [4.78, 5) is 18.1. The van der Waals surface area contributed by atoms with Crippen molar-refractivity contribution >= 4 is 21.6 Å². The topological polar surface area (TPSA) is 106 Å². The van der Waals surface area contributed by atoms with Crippen LogP contribution in [-0.2, 0) is 21.4 Å². The van der Waals surface area contributed by atoms with Crippen LogP contribution in [0.25, 0.3) is 11.4 Å². The Morgan fingerprint density at radius 3 is 2.65 bits per heavy atom. The summed E-state index contributed by atoms with van der Waals surface area (Å²) in [5.41, 5.74) is 1.22. The molecule has 1 aliphatic rings. The molecule has 0 spiro atoms. The van der Waals surface area contributed by atoms with E-state index in [1.165, 1.54) is 26.3 Å². The maximum absolute atomic E-state index is 13.2. The smallest absolute Gasteiger partial charge is 0.243 e. The number of aromatic nitrogens is 2. The molecule has 2 aromatic carbocycles. The van der Waals surface area contributed by atoms with Crippen molar-refractivity contribution in [1.82, 2.24) is 14.4 Å². The van der Waals surface area contributed by atoms with Crippen LogP contribution in [0.2, 0.25) is 0 Å². The fraction of sp³-hybridized carbons (Fsp3) is 0.286. The Balaban J connectivity index is 1.58. The van der Waals surface area contributed by atoms with Gasteiger partial charge in [0.05, 0.1) is 24.2 Å². The lowest BCUT2D eigenvalue weighted by atomic mass is 10.2. The van der Waals surface area contributed by atoms with Crippen LogP contribution in [0.5, 0.6) is 5.75 Å². The highest BCUT2D eigenvalue weighted by Crippen LogP contribution is 2.34. The molecule has 9 nitrogen and oxygen atoms in total. The van der Waals surface area contributed by atoms with E-state index >= 15 is 0 Å². The fourth-order valence-corrected chi connectivity index (χ4v) is 4.56. The van der Waals surface area contributed by atoms with Crippen LogP contribution < -0.4 is 9.64 Å². The molecule has 1 aliphatic heterocycles. The molecule has 0 atom stereocenters. The van der Waals surface area contributed by atoms with Gasteiger partial charge in [-0.2, -0.15) is 9.29 Å². The molecule has 1 saturated heterocycles. The van der Waals surface area contributed by atoms with E-state index in [1.54, 1.807) is 11.0 Å². The highest BCUT2D eigenvalue weighted by molar-refractivity contribution is 7.89. The number of sulfonamides is 1. The molecule has 0 aliphatic carbocycles. The molecule has 4 rings (SSSR count). The molecule has 1 fully saturated rings. The minimum Gasteiger partial charge on any atom is -0.495 e. The van der Waals surface area contributed by atoms with E-state index in [-0.39, 0.29) is 23.2 Å². The van der Waals surface area contributed by atoms with Gasteiger partial charge in [-0.25, -0.2) is 8.42 Å². The number of methoxy groups -OCH3 is 1. The number of benzene rings is 2. The Morgan fingerprint density at radius 2 is 1.97 bits per heavy atom. The van der Waals surface area contributed by atoms with Crippen molar-refractivity contribution in [2.45, 2.75) is 24.3 Å². The van der Waals surface area contributed by atoms with Crippen LogP contribution in [0.15, 0.2) is 57.9 Å². The van der Waals surface area contributed by atoms with Crippen LogP contribution in [0, 0.1) is 0 Å². The molecule has 0 N–H and O–H groups in total. The first-order valence-electron chi connectivity index (χ1n) is 9.73. The third kappa shape index (κ3) is 4.17. The van der Waals surface area contributed by atoms with Gasteiger partial charge in [-0.05, 0) is 24.6 Å². The molecule has 0 unspecified atom stereocenters. The second-order valence-electron chi connectivity index (χ2n) is 7.12. The summed E-state index contributed by atoms with van der Waals surface area (Å²) in [5, 5.41) is 3.92. The molecule has 162 valence electrons. The first-order valence-corrected chi connectivity index (χ1v) is 11.2. The summed E-state index contributed by atoms with van der Waals surface area (Å²) >= 11 is 0.